The Balaban J connectivity index is 1.89. The molecule has 0 spiro atoms. The number of rotatable bonds is 2. The molecular formula is C13H15N3O2. The molecule has 0 saturated carbocycles. The first kappa shape index (κ1) is 11.2. The highest BCUT2D eigenvalue weighted by Gasteiger charge is 2.30. The molecule has 0 aliphatic carbocycles. The summed E-state index contributed by atoms with van der Waals surface area (Å²) in [5, 5.41) is 4.01. The molecule has 2 heterocycles. The van der Waals surface area contributed by atoms with Crippen LogP contribution in [0.2, 0.25) is 0 Å². The molecule has 1 aliphatic rings. The summed E-state index contributed by atoms with van der Waals surface area (Å²) in [5.41, 5.74) is 7.30. The zero-order valence-corrected chi connectivity index (χ0v) is 10.2. The van der Waals surface area contributed by atoms with Crippen molar-refractivity contribution >= 4 is 5.69 Å². The van der Waals surface area contributed by atoms with Crippen molar-refractivity contribution in [2.75, 3.05) is 12.3 Å². The molecule has 0 radical (unpaired) electrons. The molecule has 1 aromatic carbocycles. The van der Waals surface area contributed by atoms with Crippen molar-refractivity contribution in [2.24, 2.45) is 0 Å². The molecule has 1 saturated heterocycles. The Bertz CT molecular complexity index is 553. The fourth-order valence-corrected chi connectivity index (χ4v) is 2.24. The average molecular weight is 245 g/mol. The lowest BCUT2D eigenvalue weighted by atomic mass is 10.0. The van der Waals surface area contributed by atoms with Gasteiger partial charge >= 0.3 is 0 Å². The Labute approximate surface area is 105 Å². The maximum Gasteiger partial charge on any atom is 0.232 e. The molecule has 1 fully saturated rings. The number of benzene rings is 1. The summed E-state index contributed by atoms with van der Waals surface area (Å²) in [6.45, 7) is 2.78. The summed E-state index contributed by atoms with van der Waals surface area (Å²) >= 11 is 0. The summed E-state index contributed by atoms with van der Waals surface area (Å²) in [5.74, 6) is 1.43. The lowest BCUT2D eigenvalue weighted by Gasteiger charge is -2.07. The van der Waals surface area contributed by atoms with Gasteiger partial charge in [0, 0.05) is 17.9 Å². The van der Waals surface area contributed by atoms with Gasteiger partial charge in [0.05, 0.1) is 12.0 Å². The minimum absolute atomic E-state index is 0.138. The van der Waals surface area contributed by atoms with E-state index >= 15 is 0 Å². The van der Waals surface area contributed by atoms with Crippen molar-refractivity contribution in [2.45, 2.75) is 25.4 Å². The van der Waals surface area contributed by atoms with Crippen LogP contribution in [0.4, 0.5) is 5.69 Å². The Morgan fingerprint density at radius 3 is 3.00 bits per heavy atom. The highest BCUT2D eigenvalue weighted by molar-refractivity contribution is 5.60. The smallest absolute Gasteiger partial charge is 0.232 e. The number of ether oxygens (including phenoxy) is 1. The lowest BCUT2D eigenvalue weighted by molar-refractivity contribution is 0.113. The molecule has 1 aromatic heterocycles. The largest absolute Gasteiger partial charge is 0.399 e. The van der Waals surface area contributed by atoms with Crippen LogP contribution in [-0.2, 0) is 4.74 Å². The molecular weight excluding hydrogens is 230 g/mol. The van der Waals surface area contributed by atoms with Crippen LogP contribution in [-0.4, -0.2) is 22.9 Å². The number of hydrogen-bond acceptors (Lipinski definition) is 5. The van der Waals surface area contributed by atoms with Gasteiger partial charge in [-0.2, -0.15) is 4.98 Å². The SMILES string of the molecule is CC1OCCC1c1nc(-c2cccc(N)c2)no1. The standard InChI is InChI=1S/C13H15N3O2/c1-8-11(5-6-17-8)13-15-12(16-18-13)9-3-2-4-10(14)7-9/h2-4,7-8,11H,5-6,14H2,1H3. The van der Waals surface area contributed by atoms with Crippen LogP contribution in [0.25, 0.3) is 11.4 Å². The molecule has 2 N–H and O–H groups in total. The maximum absolute atomic E-state index is 5.74. The van der Waals surface area contributed by atoms with E-state index in [9.17, 15) is 0 Å². The predicted octanol–water partition coefficient (Wildman–Crippen LogP) is 2.21. The fraction of sp³-hybridized carbons (Fsp3) is 0.385. The normalized spacial score (nSPS) is 23.4. The van der Waals surface area contributed by atoms with Crippen molar-refractivity contribution in [1.82, 2.24) is 10.1 Å². The molecule has 0 amide bonds. The minimum atomic E-state index is 0.138. The van der Waals surface area contributed by atoms with E-state index in [0.29, 0.717) is 17.4 Å². The van der Waals surface area contributed by atoms with Crippen molar-refractivity contribution in [1.29, 1.82) is 0 Å². The van der Waals surface area contributed by atoms with E-state index in [1.54, 1.807) is 0 Å². The van der Waals surface area contributed by atoms with Crippen LogP contribution >= 0.6 is 0 Å². The molecule has 5 nitrogen and oxygen atoms in total. The Morgan fingerprint density at radius 2 is 2.28 bits per heavy atom. The third kappa shape index (κ3) is 1.97. The van der Waals surface area contributed by atoms with E-state index in [2.05, 4.69) is 10.1 Å². The molecule has 18 heavy (non-hydrogen) atoms. The molecule has 2 atom stereocenters. The summed E-state index contributed by atoms with van der Waals surface area (Å²) in [6, 6.07) is 7.46. The number of nitrogen functional groups attached to an aromatic ring is 1. The van der Waals surface area contributed by atoms with Gasteiger partial charge in [-0.15, -0.1) is 0 Å². The highest BCUT2D eigenvalue weighted by Crippen LogP contribution is 2.31. The predicted molar refractivity (Wildman–Crippen MR) is 66.9 cm³/mol. The number of aromatic nitrogens is 2. The van der Waals surface area contributed by atoms with Gasteiger partial charge in [-0.25, -0.2) is 0 Å². The van der Waals surface area contributed by atoms with E-state index in [1.807, 2.05) is 31.2 Å². The van der Waals surface area contributed by atoms with E-state index in [1.165, 1.54) is 0 Å². The third-order valence-corrected chi connectivity index (χ3v) is 3.28. The van der Waals surface area contributed by atoms with Crippen LogP contribution in [0, 0.1) is 0 Å². The number of nitrogens with zero attached hydrogens (tertiary/aromatic N) is 2. The summed E-state index contributed by atoms with van der Waals surface area (Å²) in [4.78, 5) is 4.44. The summed E-state index contributed by atoms with van der Waals surface area (Å²) in [6.07, 6.45) is 1.07. The molecule has 5 heteroatoms. The van der Waals surface area contributed by atoms with Gasteiger partial charge in [0.15, 0.2) is 0 Å². The summed E-state index contributed by atoms with van der Waals surface area (Å²) < 4.78 is 10.8. The monoisotopic (exact) mass is 245 g/mol. The van der Waals surface area contributed by atoms with Crippen molar-refractivity contribution in [3.63, 3.8) is 0 Å². The number of nitrogens with two attached hydrogens (primary N) is 1. The molecule has 1 aliphatic heterocycles. The van der Waals surface area contributed by atoms with Gasteiger partial charge in [0.2, 0.25) is 11.7 Å². The number of anilines is 1. The topological polar surface area (TPSA) is 74.2 Å². The molecule has 2 aromatic rings. The fourth-order valence-electron chi connectivity index (χ4n) is 2.24. The quantitative estimate of drug-likeness (QED) is 0.821. The Morgan fingerprint density at radius 1 is 1.39 bits per heavy atom. The Hall–Kier alpha value is -1.88. The van der Waals surface area contributed by atoms with Crippen molar-refractivity contribution < 1.29 is 9.26 Å². The van der Waals surface area contributed by atoms with E-state index in [4.69, 9.17) is 15.0 Å². The van der Waals surface area contributed by atoms with Crippen LogP contribution in [0.5, 0.6) is 0 Å². The van der Waals surface area contributed by atoms with Gasteiger partial charge in [0.1, 0.15) is 0 Å². The van der Waals surface area contributed by atoms with Crippen molar-refractivity contribution in [3.8, 4) is 11.4 Å². The first-order valence-corrected chi connectivity index (χ1v) is 6.05. The average Bonchev–Trinajstić information content (AvgIpc) is 2.97. The van der Waals surface area contributed by atoms with Gasteiger partial charge in [-0.3, -0.25) is 0 Å². The van der Waals surface area contributed by atoms with Gasteiger partial charge < -0.3 is 15.0 Å². The lowest BCUT2D eigenvalue weighted by Crippen LogP contribution is -2.09. The second-order valence-corrected chi connectivity index (χ2v) is 4.55. The van der Waals surface area contributed by atoms with E-state index in [-0.39, 0.29) is 12.0 Å². The van der Waals surface area contributed by atoms with Crippen LogP contribution < -0.4 is 5.73 Å². The molecule has 94 valence electrons. The zero-order chi connectivity index (χ0) is 12.5. The third-order valence-electron chi connectivity index (χ3n) is 3.28. The summed E-state index contributed by atoms with van der Waals surface area (Å²) in [7, 11) is 0. The van der Waals surface area contributed by atoms with Gasteiger partial charge in [-0.1, -0.05) is 17.3 Å². The van der Waals surface area contributed by atoms with Crippen molar-refractivity contribution in [3.05, 3.63) is 30.2 Å². The van der Waals surface area contributed by atoms with E-state index in [0.717, 1.165) is 18.6 Å². The van der Waals surface area contributed by atoms with Gasteiger partial charge in [-0.05, 0) is 25.5 Å². The minimum Gasteiger partial charge on any atom is -0.399 e. The molecule has 3 rings (SSSR count). The molecule has 0 bridgehead atoms. The zero-order valence-electron chi connectivity index (χ0n) is 10.2. The highest BCUT2D eigenvalue weighted by atomic mass is 16.5. The van der Waals surface area contributed by atoms with Crippen LogP contribution in [0.3, 0.4) is 0 Å². The van der Waals surface area contributed by atoms with Gasteiger partial charge in [0.25, 0.3) is 0 Å². The van der Waals surface area contributed by atoms with E-state index < -0.39 is 0 Å². The molecule has 2 unspecified atom stereocenters. The second-order valence-electron chi connectivity index (χ2n) is 4.55. The first-order valence-electron chi connectivity index (χ1n) is 6.05. The van der Waals surface area contributed by atoms with Crippen LogP contribution in [0.15, 0.2) is 28.8 Å². The van der Waals surface area contributed by atoms with Crippen LogP contribution in [0.1, 0.15) is 25.2 Å². The number of hydrogen-bond donors (Lipinski definition) is 1. The second kappa shape index (κ2) is 4.42. The Kier molecular flexibility index (Phi) is 2.76. The first-order chi connectivity index (χ1) is 8.74. The maximum atomic E-state index is 5.74.